The summed E-state index contributed by atoms with van der Waals surface area (Å²) >= 11 is 0. The van der Waals surface area contributed by atoms with Crippen molar-refractivity contribution in [2.24, 2.45) is 0 Å². The highest BCUT2D eigenvalue weighted by Crippen LogP contribution is 2.25. The average Bonchev–Trinajstić information content (AvgIpc) is 2.46. The summed E-state index contributed by atoms with van der Waals surface area (Å²) in [6.07, 6.45) is -0.505. The Morgan fingerprint density at radius 1 is 1.23 bits per heavy atom. The molecule has 0 saturated heterocycles. The van der Waals surface area contributed by atoms with E-state index in [9.17, 15) is 4.79 Å². The summed E-state index contributed by atoms with van der Waals surface area (Å²) in [7, 11) is 0. The molecule has 0 bridgehead atoms. The number of aryl methyl sites for hydroxylation is 1. The molecule has 1 aromatic rings. The monoisotopic (exact) mass is 306 g/mol. The Hall–Kier alpha value is -1.55. The van der Waals surface area contributed by atoms with Crippen LogP contribution in [0.15, 0.2) is 18.2 Å². The lowest BCUT2D eigenvalue weighted by molar-refractivity contribution is -0.127. The fourth-order valence-corrected chi connectivity index (χ4v) is 2.16. The van der Waals surface area contributed by atoms with Gasteiger partial charge in [0.15, 0.2) is 6.10 Å². The molecule has 0 aliphatic heterocycles. The van der Waals surface area contributed by atoms with Crippen LogP contribution in [0.3, 0.4) is 0 Å². The molecule has 4 heteroatoms. The van der Waals surface area contributed by atoms with Crippen LogP contribution in [0.1, 0.15) is 51.7 Å². The van der Waals surface area contributed by atoms with Crippen LogP contribution in [0.25, 0.3) is 0 Å². The fraction of sp³-hybridized carbons (Fsp3) is 0.611. The molecule has 124 valence electrons. The van der Waals surface area contributed by atoms with Gasteiger partial charge >= 0.3 is 0 Å². The van der Waals surface area contributed by atoms with Crippen LogP contribution in [0, 0.1) is 6.92 Å². The zero-order valence-electron chi connectivity index (χ0n) is 14.7. The first-order valence-corrected chi connectivity index (χ1v) is 8.13. The minimum absolute atomic E-state index is 0.0842. The van der Waals surface area contributed by atoms with Crippen molar-refractivity contribution in [3.8, 4) is 5.75 Å². The SMILES string of the molecule is CCN[C@H](C)CNC(=O)C(C)Oc1cc(C(C)C)ccc1C. The van der Waals surface area contributed by atoms with E-state index in [2.05, 4.69) is 37.5 Å². The predicted molar refractivity (Wildman–Crippen MR) is 91.5 cm³/mol. The molecule has 1 aromatic carbocycles. The van der Waals surface area contributed by atoms with E-state index in [-0.39, 0.29) is 11.9 Å². The Balaban J connectivity index is 2.62. The number of likely N-dealkylation sites (N-methyl/N-ethyl adjacent to an activating group) is 1. The Morgan fingerprint density at radius 2 is 1.91 bits per heavy atom. The smallest absolute Gasteiger partial charge is 0.260 e. The van der Waals surface area contributed by atoms with Gasteiger partial charge in [-0.05, 0) is 50.4 Å². The number of rotatable bonds is 8. The van der Waals surface area contributed by atoms with Crippen molar-refractivity contribution in [3.63, 3.8) is 0 Å². The summed E-state index contributed by atoms with van der Waals surface area (Å²) in [6, 6.07) is 6.44. The Morgan fingerprint density at radius 3 is 2.50 bits per heavy atom. The van der Waals surface area contributed by atoms with E-state index in [1.165, 1.54) is 5.56 Å². The van der Waals surface area contributed by atoms with Gasteiger partial charge in [0.2, 0.25) is 0 Å². The van der Waals surface area contributed by atoms with E-state index in [0.717, 1.165) is 17.9 Å². The molecule has 2 N–H and O–H groups in total. The van der Waals surface area contributed by atoms with Crippen LogP contribution in [0.4, 0.5) is 0 Å². The molecule has 1 amide bonds. The van der Waals surface area contributed by atoms with Gasteiger partial charge in [0, 0.05) is 12.6 Å². The molecule has 2 atom stereocenters. The quantitative estimate of drug-likeness (QED) is 0.776. The molecule has 0 fully saturated rings. The van der Waals surface area contributed by atoms with Crippen molar-refractivity contribution in [1.82, 2.24) is 10.6 Å². The predicted octanol–water partition coefficient (Wildman–Crippen LogP) is 3.00. The minimum atomic E-state index is -0.505. The summed E-state index contributed by atoms with van der Waals surface area (Å²) in [6.45, 7) is 13.7. The fourth-order valence-electron chi connectivity index (χ4n) is 2.16. The van der Waals surface area contributed by atoms with E-state index < -0.39 is 6.10 Å². The third-order valence-corrected chi connectivity index (χ3v) is 3.69. The summed E-state index contributed by atoms with van der Waals surface area (Å²) in [5.41, 5.74) is 2.26. The molecular formula is C18H30N2O2. The van der Waals surface area contributed by atoms with Gasteiger partial charge in [-0.3, -0.25) is 4.79 Å². The van der Waals surface area contributed by atoms with E-state index in [1.807, 2.05) is 26.0 Å². The highest BCUT2D eigenvalue weighted by molar-refractivity contribution is 5.80. The van der Waals surface area contributed by atoms with Crippen molar-refractivity contribution < 1.29 is 9.53 Å². The number of carbonyl (C=O) groups excluding carboxylic acids is 1. The molecule has 1 rings (SSSR count). The van der Waals surface area contributed by atoms with Gasteiger partial charge in [0.05, 0.1) is 0 Å². The van der Waals surface area contributed by atoms with Gasteiger partial charge in [0.1, 0.15) is 5.75 Å². The largest absolute Gasteiger partial charge is 0.481 e. The lowest BCUT2D eigenvalue weighted by atomic mass is 10.0. The third kappa shape index (κ3) is 5.68. The number of amides is 1. The molecule has 0 spiro atoms. The molecule has 4 nitrogen and oxygen atoms in total. The standard InChI is InChI=1S/C18H30N2O2/c1-7-19-14(5)11-20-18(21)15(6)22-17-10-16(12(2)3)9-8-13(17)4/h8-10,12,14-15,19H,7,11H2,1-6H3,(H,20,21)/t14-,15?/m1/s1. The topological polar surface area (TPSA) is 50.4 Å². The van der Waals surface area contributed by atoms with E-state index in [1.54, 1.807) is 6.92 Å². The van der Waals surface area contributed by atoms with E-state index in [0.29, 0.717) is 12.5 Å². The highest BCUT2D eigenvalue weighted by atomic mass is 16.5. The molecule has 0 aliphatic carbocycles. The number of hydrogen-bond acceptors (Lipinski definition) is 3. The lowest BCUT2D eigenvalue weighted by Crippen LogP contribution is -2.43. The van der Waals surface area contributed by atoms with E-state index in [4.69, 9.17) is 4.74 Å². The van der Waals surface area contributed by atoms with Crippen molar-refractivity contribution in [2.45, 2.75) is 59.6 Å². The number of benzene rings is 1. The first kappa shape index (κ1) is 18.5. The van der Waals surface area contributed by atoms with Crippen LogP contribution in [0.2, 0.25) is 0 Å². The van der Waals surface area contributed by atoms with Crippen molar-refractivity contribution in [2.75, 3.05) is 13.1 Å². The maximum absolute atomic E-state index is 12.1. The molecule has 0 radical (unpaired) electrons. The number of hydrogen-bond donors (Lipinski definition) is 2. The molecule has 22 heavy (non-hydrogen) atoms. The Labute approximate surface area is 134 Å². The molecule has 1 unspecified atom stereocenters. The molecule has 0 aliphatic rings. The van der Waals surface area contributed by atoms with Crippen LogP contribution in [-0.4, -0.2) is 31.1 Å². The van der Waals surface area contributed by atoms with Gasteiger partial charge in [-0.2, -0.15) is 0 Å². The zero-order chi connectivity index (χ0) is 16.7. The van der Waals surface area contributed by atoms with Crippen molar-refractivity contribution in [1.29, 1.82) is 0 Å². The Kier molecular flexibility index (Phi) is 7.39. The second-order valence-electron chi connectivity index (χ2n) is 6.14. The normalized spacial score (nSPS) is 13.8. The van der Waals surface area contributed by atoms with Gasteiger partial charge < -0.3 is 15.4 Å². The molecule has 0 aromatic heterocycles. The first-order valence-electron chi connectivity index (χ1n) is 8.13. The van der Waals surface area contributed by atoms with Crippen LogP contribution in [0.5, 0.6) is 5.75 Å². The second kappa shape index (κ2) is 8.79. The number of ether oxygens (including phenoxy) is 1. The summed E-state index contributed by atoms with van der Waals surface area (Å²) in [5, 5.41) is 6.18. The van der Waals surface area contributed by atoms with E-state index >= 15 is 0 Å². The maximum atomic E-state index is 12.1. The van der Waals surface area contributed by atoms with Gasteiger partial charge in [0.25, 0.3) is 5.91 Å². The third-order valence-electron chi connectivity index (χ3n) is 3.69. The summed E-state index contributed by atoms with van der Waals surface area (Å²) in [5.74, 6) is 1.14. The number of nitrogens with one attached hydrogen (secondary N) is 2. The highest BCUT2D eigenvalue weighted by Gasteiger charge is 2.16. The van der Waals surface area contributed by atoms with Crippen LogP contribution >= 0.6 is 0 Å². The van der Waals surface area contributed by atoms with Crippen molar-refractivity contribution in [3.05, 3.63) is 29.3 Å². The lowest BCUT2D eigenvalue weighted by Gasteiger charge is -2.19. The van der Waals surface area contributed by atoms with Crippen molar-refractivity contribution >= 4 is 5.91 Å². The summed E-state index contributed by atoms with van der Waals surface area (Å²) in [4.78, 5) is 12.1. The maximum Gasteiger partial charge on any atom is 0.260 e. The van der Waals surface area contributed by atoms with Gasteiger partial charge in [-0.1, -0.05) is 32.9 Å². The zero-order valence-corrected chi connectivity index (χ0v) is 14.7. The molecular weight excluding hydrogens is 276 g/mol. The van der Waals surface area contributed by atoms with Gasteiger partial charge in [-0.25, -0.2) is 0 Å². The van der Waals surface area contributed by atoms with Crippen LogP contribution in [-0.2, 0) is 4.79 Å². The molecule has 0 saturated carbocycles. The Bertz CT molecular complexity index is 486. The minimum Gasteiger partial charge on any atom is -0.481 e. The van der Waals surface area contributed by atoms with Crippen LogP contribution < -0.4 is 15.4 Å². The summed E-state index contributed by atoms with van der Waals surface area (Å²) < 4.78 is 5.86. The number of carbonyl (C=O) groups is 1. The van der Waals surface area contributed by atoms with Gasteiger partial charge in [-0.15, -0.1) is 0 Å². The second-order valence-corrected chi connectivity index (χ2v) is 6.14. The average molecular weight is 306 g/mol. The first-order chi connectivity index (χ1) is 10.3. The molecule has 0 heterocycles.